The van der Waals surface area contributed by atoms with Crippen LogP contribution in [0.15, 0.2) is 30.3 Å². The van der Waals surface area contributed by atoms with Crippen LogP contribution in [0.5, 0.6) is 0 Å². The van der Waals surface area contributed by atoms with E-state index in [1.54, 1.807) is 0 Å². The molecule has 0 aliphatic carbocycles. The minimum Gasteiger partial charge on any atom is -0.412 e. The number of hydrogen-bond acceptors (Lipinski definition) is 2. The third-order valence-corrected chi connectivity index (χ3v) is 4.37. The van der Waals surface area contributed by atoms with Crippen LogP contribution in [0, 0.1) is 5.92 Å². The molecule has 0 heterocycles. The maximum atomic E-state index is 6.25. The molecular formula is C16H28O2Si. The van der Waals surface area contributed by atoms with Gasteiger partial charge in [-0.05, 0) is 39.1 Å². The molecule has 1 rings (SSSR count). The lowest BCUT2D eigenvalue weighted by atomic mass is 9.94. The number of rotatable bonds is 7. The molecule has 19 heavy (non-hydrogen) atoms. The van der Waals surface area contributed by atoms with Crippen molar-refractivity contribution in [3.8, 4) is 0 Å². The Morgan fingerprint density at radius 3 is 2.21 bits per heavy atom. The summed E-state index contributed by atoms with van der Waals surface area (Å²) < 4.78 is 12.1. The molecule has 0 unspecified atom stereocenters. The molecule has 0 radical (unpaired) electrons. The molecule has 1 aromatic rings. The Hall–Kier alpha value is -0.643. The van der Waals surface area contributed by atoms with Crippen molar-refractivity contribution in [1.29, 1.82) is 0 Å². The monoisotopic (exact) mass is 280 g/mol. The van der Waals surface area contributed by atoms with E-state index in [0.29, 0.717) is 12.5 Å². The molecule has 3 heteroatoms. The van der Waals surface area contributed by atoms with Gasteiger partial charge in [0.05, 0.1) is 18.8 Å². The summed E-state index contributed by atoms with van der Waals surface area (Å²) in [6.45, 7) is 14.6. The maximum Gasteiger partial charge on any atom is 0.184 e. The largest absolute Gasteiger partial charge is 0.412 e. The molecule has 0 aliphatic rings. The average molecular weight is 280 g/mol. The Balaban J connectivity index is 2.40. The predicted octanol–water partition coefficient (Wildman–Crippen LogP) is 4.47. The lowest BCUT2D eigenvalue weighted by Crippen LogP contribution is -2.44. The minimum absolute atomic E-state index is 0.124. The molecule has 108 valence electrons. The fourth-order valence-corrected chi connectivity index (χ4v) is 3.80. The van der Waals surface area contributed by atoms with Gasteiger partial charge in [0.1, 0.15) is 0 Å². The highest BCUT2D eigenvalue weighted by Gasteiger charge is 2.32. The van der Waals surface area contributed by atoms with Gasteiger partial charge in [-0.3, -0.25) is 0 Å². The minimum atomic E-state index is -1.51. The zero-order valence-corrected chi connectivity index (χ0v) is 14.2. The Labute approximate surface area is 119 Å². The van der Waals surface area contributed by atoms with Crippen molar-refractivity contribution in [3.05, 3.63) is 35.9 Å². The average Bonchev–Trinajstić information content (AvgIpc) is 2.27. The van der Waals surface area contributed by atoms with E-state index in [1.165, 1.54) is 5.56 Å². The standard InChI is InChI=1S/C16H28O2Si/c1-14(16(2,3)18-19(4,5)6)12-17-13-15-10-8-7-9-11-15/h7-11,14H,12-13H2,1-6H3/t14-/m0/s1. The molecule has 1 aromatic carbocycles. The van der Waals surface area contributed by atoms with Crippen LogP contribution in [-0.2, 0) is 15.8 Å². The van der Waals surface area contributed by atoms with Crippen molar-refractivity contribution in [2.45, 2.75) is 52.6 Å². The third kappa shape index (κ3) is 6.37. The lowest BCUT2D eigenvalue weighted by molar-refractivity contribution is -0.0127. The highest BCUT2D eigenvalue weighted by atomic mass is 28.4. The summed E-state index contributed by atoms with van der Waals surface area (Å²) in [6, 6.07) is 10.3. The number of hydrogen-bond donors (Lipinski definition) is 0. The van der Waals surface area contributed by atoms with E-state index >= 15 is 0 Å². The van der Waals surface area contributed by atoms with Crippen LogP contribution >= 0.6 is 0 Å². The molecule has 0 saturated heterocycles. The van der Waals surface area contributed by atoms with Crippen LogP contribution < -0.4 is 0 Å². The van der Waals surface area contributed by atoms with Gasteiger partial charge in [-0.15, -0.1) is 0 Å². The molecule has 0 saturated carbocycles. The van der Waals surface area contributed by atoms with E-state index < -0.39 is 8.32 Å². The summed E-state index contributed by atoms with van der Waals surface area (Å²) in [6.07, 6.45) is 0. The zero-order chi connectivity index (χ0) is 14.5. The summed E-state index contributed by atoms with van der Waals surface area (Å²) in [5.74, 6) is 0.378. The Kier molecular flexibility index (Phi) is 5.77. The maximum absolute atomic E-state index is 6.25. The fourth-order valence-electron chi connectivity index (χ4n) is 2.02. The lowest BCUT2D eigenvalue weighted by Gasteiger charge is -2.37. The van der Waals surface area contributed by atoms with Gasteiger partial charge in [0, 0.05) is 5.92 Å². The summed E-state index contributed by atoms with van der Waals surface area (Å²) in [5, 5.41) is 0. The molecule has 0 N–H and O–H groups in total. The normalized spacial score (nSPS) is 14.4. The van der Waals surface area contributed by atoms with Crippen LogP contribution in [0.1, 0.15) is 26.3 Å². The van der Waals surface area contributed by atoms with Crippen molar-refractivity contribution in [2.24, 2.45) is 5.92 Å². The van der Waals surface area contributed by atoms with Gasteiger partial charge in [0.25, 0.3) is 0 Å². The first-order valence-corrected chi connectivity index (χ1v) is 10.4. The molecule has 2 nitrogen and oxygen atoms in total. The highest BCUT2D eigenvalue weighted by molar-refractivity contribution is 6.69. The number of ether oxygens (including phenoxy) is 1. The molecule has 0 aliphatic heterocycles. The van der Waals surface area contributed by atoms with E-state index in [2.05, 4.69) is 52.5 Å². The first-order valence-electron chi connectivity index (χ1n) is 7.02. The molecular weight excluding hydrogens is 252 g/mol. The van der Waals surface area contributed by atoms with Gasteiger partial charge in [-0.2, -0.15) is 0 Å². The molecule has 1 atom stereocenters. The zero-order valence-electron chi connectivity index (χ0n) is 13.2. The van der Waals surface area contributed by atoms with Crippen LogP contribution in [0.4, 0.5) is 0 Å². The number of benzene rings is 1. The van der Waals surface area contributed by atoms with Crippen molar-refractivity contribution >= 4 is 8.32 Å². The second kappa shape index (κ2) is 6.68. The van der Waals surface area contributed by atoms with E-state index in [-0.39, 0.29) is 5.60 Å². The quantitative estimate of drug-likeness (QED) is 0.686. The summed E-state index contributed by atoms with van der Waals surface area (Å²) >= 11 is 0. The van der Waals surface area contributed by atoms with Crippen molar-refractivity contribution in [2.75, 3.05) is 6.61 Å². The van der Waals surface area contributed by atoms with Crippen LogP contribution in [0.3, 0.4) is 0 Å². The highest BCUT2D eigenvalue weighted by Crippen LogP contribution is 2.26. The van der Waals surface area contributed by atoms with Crippen molar-refractivity contribution in [3.63, 3.8) is 0 Å². The van der Waals surface area contributed by atoms with Crippen LogP contribution in [-0.4, -0.2) is 20.5 Å². The van der Waals surface area contributed by atoms with Gasteiger partial charge in [-0.25, -0.2) is 0 Å². The second-order valence-electron chi connectivity index (χ2n) is 6.72. The van der Waals surface area contributed by atoms with Crippen molar-refractivity contribution in [1.82, 2.24) is 0 Å². The Bertz CT molecular complexity index is 368. The first-order chi connectivity index (χ1) is 8.71. The molecule has 0 aromatic heterocycles. The van der Waals surface area contributed by atoms with E-state index in [0.717, 1.165) is 6.61 Å². The first kappa shape index (κ1) is 16.4. The van der Waals surface area contributed by atoms with Gasteiger partial charge < -0.3 is 9.16 Å². The summed E-state index contributed by atoms with van der Waals surface area (Å²) in [4.78, 5) is 0. The topological polar surface area (TPSA) is 18.5 Å². The SMILES string of the molecule is C[C@@H](COCc1ccccc1)C(C)(C)O[Si](C)(C)C. The van der Waals surface area contributed by atoms with Gasteiger partial charge in [0.15, 0.2) is 8.32 Å². The summed E-state index contributed by atoms with van der Waals surface area (Å²) in [5.41, 5.74) is 1.10. The second-order valence-corrected chi connectivity index (χ2v) is 11.1. The smallest absolute Gasteiger partial charge is 0.184 e. The molecule has 0 fully saturated rings. The van der Waals surface area contributed by atoms with Gasteiger partial charge >= 0.3 is 0 Å². The Morgan fingerprint density at radius 1 is 1.11 bits per heavy atom. The van der Waals surface area contributed by atoms with E-state index in [4.69, 9.17) is 9.16 Å². The van der Waals surface area contributed by atoms with Gasteiger partial charge in [-0.1, -0.05) is 37.3 Å². The fraction of sp³-hybridized carbons (Fsp3) is 0.625. The van der Waals surface area contributed by atoms with Gasteiger partial charge in [0.2, 0.25) is 0 Å². The van der Waals surface area contributed by atoms with Crippen molar-refractivity contribution < 1.29 is 9.16 Å². The molecule has 0 bridgehead atoms. The molecule has 0 amide bonds. The van der Waals surface area contributed by atoms with Crippen LogP contribution in [0.2, 0.25) is 19.6 Å². The molecule has 0 spiro atoms. The third-order valence-electron chi connectivity index (χ3n) is 3.24. The Morgan fingerprint density at radius 2 is 1.68 bits per heavy atom. The predicted molar refractivity (Wildman–Crippen MR) is 83.8 cm³/mol. The summed E-state index contributed by atoms with van der Waals surface area (Å²) in [7, 11) is -1.51. The van der Waals surface area contributed by atoms with E-state index in [9.17, 15) is 0 Å². The van der Waals surface area contributed by atoms with E-state index in [1.807, 2.05) is 18.2 Å². The van der Waals surface area contributed by atoms with Crippen LogP contribution in [0.25, 0.3) is 0 Å².